The number of carbonyl (C=O) groups is 1. The molecule has 0 unspecified atom stereocenters. The van der Waals surface area contributed by atoms with Gasteiger partial charge in [0.15, 0.2) is 6.10 Å². The van der Waals surface area contributed by atoms with Gasteiger partial charge in [-0.25, -0.2) is 0 Å². The Balaban J connectivity index is 1.80. The van der Waals surface area contributed by atoms with Crippen LogP contribution in [0.25, 0.3) is 0 Å². The first kappa shape index (κ1) is 18.4. The van der Waals surface area contributed by atoms with Crippen molar-refractivity contribution >= 4 is 29.1 Å². The fraction of sp³-hybridized carbons (Fsp3) is 0.278. The van der Waals surface area contributed by atoms with Crippen molar-refractivity contribution in [2.45, 2.75) is 19.4 Å². The van der Waals surface area contributed by atoms with E-state index in [0.29, 0.717) is 22.3 Å². The van der Waals surface area contributed by atoms with Gasteiger partial charge in [0.25, 0.3) is 5.91 Å². The highest BCUT2D eigenvalue weighted by atomic mass is 35.5. The predicted octanol–water partition coefficient (Wildman–Crippen LogP) is 4.13. The van der Waals surface area contributed by atoms with Gasteiger partial charge >= 0.3 is 0 Å². The molecule has 2 aromatic rings. The first-order valence-corrected chi connectivity index (χ1v) is 8.27. The van der Waals surface area contributed by atoms with Gasteiger partial charge in [0.2, 0.25) is 0 Å². The Kier molecular flexibility index (Phi) is 6.76. The summed E-state index contributed by atoms with van der Waals surface area (Å²) in [6.45, 7) is 2.20. The van der Waals surface area contributed by atoms with E-state index in [9.17, 15) is 4.79 Å². The molecule has 1 amide bonds. The smallest absolute Gasteiger partial charge is 0.260 e. The van der Waals surface area contributed by atoms with E-state index in [1.54, 1.807) is 32.2 Å². The lowest BCUT2D eigenvalue weighted by atomic mass is 10.1. The molecule has 2 rings (SSSR count). The van der Waals surface area contributed by atoms with E-state index in [2.05, 4.69) is 5.32 Å². The number of hydrogen-bond donors (Lipinski definition) is 1. The van der Waals surface area contributed by atoms with Crippen LogP contribution in [-0.2, 0) is 11.2 Å². The fourth-order valence-electron chi connectivity index (χ4n) is 2.08. The molecule has 0 aliphatic heterocycles. The Hall–Kier alpha value is -1.91. The van der Waals surface area contributed by atoms with Crippen LogP contribution in [0.15, 0.2) is 42.5 Å². The van der Waals surface area contributed by atoms with Gasteiger partial charge in [-0.15, -0.1) is 0 Å². The molecule has 1 atom stereocenters. The van der Waals surface area contributed by atoms with E-state index in [1.165, 1.54) is 0 Å². The molecule has 24 heavy (non-hydrogen) atoms. The third kappa shape index (κ3) is 5.32. The summed E-state index contributed by atoms with van der Waals surface area (Å²) in [4.78, 5) is 12.1. The topological polar surface area (TPSA) is 47.6 Å². The van der Waals surface area contributed by atoms with Crippen LogP contribution in [0.4, 0.5) is 0 Å². The molecular formula is C18H19Cl2NO3. The largest absolute Gasteiger partial charge is 0.497 e. The Bertz CT molecular complexity index is 689. The van der Waals surface area contributed by atoms with E-state index in [4.69, 9.17) is 32.7 Å². The predicted molar refractivity (Wildman–Crippen MR) is 96.3 cm³/mol. The lowest BCUT2D eigenvalue weighted by Crippen LogP contribution is -2.37. The number of benzene rings is 2. The van der Waals surface area contributed by atoms with Crippen molar-refractivity contribution in [3.05, 3.63) is 58.1 Å². The molecule has 0 bridgehead atoms. The minimum absolute atomic E-state index is 0.200. The van der Waals surface area contributed by atoms with Crippen LogP contribution < -0.4 is 14.8 Å². The first-order chi connectivity index (χ1) is 11.5. The normalized spacial score (nSPS) is 11.7. The molecule has 0 spiro atoms. The van der Waals surface area contributed by atoms with Crippen molar-refractivity contribution in [2.75, 3.05) is 13.7 Å². The zero-order valence-corrected chi connectivity index (χ0v) is 15.0. The molecule has 0 radical (unpaired) electrons. The highest BCUT2D eigenvalue weighted by Gasteiger charge is 2.15. The van der Waals surface area contributed by atoms with Crippen molar-refractivity contribution in [3.8, 4) is 11.5 Å². The molecule has 2 aromatic carbocycles. The van der Waals surface area contributed by atoms with Crippen molar-refractivity contribution < 1.29 is 14.3 Å². The summed E-state index contributed by atoms with van der Waals surface area (Å²) in [6.07, 6.45) is 0.0731. The number of amides is 1. The zero-order valence-electron chi connectivity index (χ0n) is 13.5. The van der Waals surface area contributed by atoms with Gasteiger partial charge in [-0.2, -0.15) is 0 Å². The van der Waals surface area contributed by atoms with E-state index in [-0.39, 0.29) is 5.91 Å². The second-order valence-corrected chi connectivity index (χ2v) is 6.07. The molecule has 0 heterocycles. The van der Waals surface area contributed by atoms with Gasteiger partial charge in [0.05, 0.1) is 12.1 Å². The quantitative estimate of drug-likeness (QED) is 0.800. The first-order valence-electron chi connectivity index (χ1n) is 7.52. The molecule has 128 valence electrons. The Labute approximate surface area is 151 Å². The van der Waals surface area contributed by atoms with E-state index in [0.717, 1.165) is 17.7 Å². The maximum atomic E-state index is 12.1. The van der Waals surface area contributed by atoms with Crippen LogP contribution in [0.5, 0.6) is 11.5 Å². The zero-order chi connectivity index (χ0) is 17.5. The maximum absolute atomic E-state index is 12.1. The average molecular weight is 368 g/mol. The standard InChI is InChI=1S/C18H19Cl2NO3/c1-12(24-17-8-5-14(19)11-16(17)20)18(22)21-10-9-13-3-6-15(23-2)7-4-13/h3-8,11-12H,9-10H2,1-2H3,(H,21,22)/t12-/m1/s1. The number of rotatable bonds is 7. The van der Waals surface area contributed by atoms with Crippen LogP contribution in [0, 0.1) is 0 Å². The van der Waals surface area contributed by atoms with E-state index >= 15 is 0 Å². The van der Waals surface area contributed by atoms with Gasteiger partial charge in [0.1, 0.15) is 11.5 Å². The lowest BCUT2D eigenvalue weighted by molar-refractivity contribution is -0.127. The number of ether oxygens (including phenoxy) is 2. The average Bonchev–Trinajstić information content (AvgIpc) is 2.57. The lowest BCUT2D eigenvalue weighted by Gasteiger charge is -2.15. The summed E-state index contributed by atoms with van der Waals surface area (Å²) >= 11 is 11.9. The third-order valence-electron chi connectivity index (χ3n) is 3.44. The Morgan fingerprint density at radius 2 is 1.88 bits per heavy atom. The summed E-state index contributed by atoms with van der Waals surface area (Å²) in [6, 6.07) is 12.6. The molecule has 0 saturated heterocycles. The van der Waals surface area contributed by atoms with Crippen LogP contribution >= 0.6 is 23.2 Å². The van der Waals surface area contributed by atoms with Gasteiger partial charge < -0.3 is 14.8 Å². The molecule has 0 aliphatic rings. The summed E-state index contributed by atoms with van der Waals surface area (Å²) < 4.78 is 10.7. The SMILES string of the molecule is COc1ccc(CCNC(=O)[C@@H](C)Oc2ccc(Cl)cc2Cl)cc1. The van der Waals surface area contributed by atoms with Gasteiger partial charge in [-0.1, -0.05) is 35.3 Å². The number of carbonyl (C=O) groups excluding carboxylic acids is 1. The minimum Gasteiger partial charge on any atom is -0.497 e. The van der Waals surface area contributed by atoms with Crippen molar-refractivity contribution in [3.63, 3.8) is 0 Å². The molecule has 4 nitrogen and oxygen atoms in total. The molecule has 0 saturated carbocycles. The second-order valence-electron chi connectivity index (χ2n) is 5.22. The summed E-state index contributed by atoms with van der Waals surface area (Å²) in [5.74, 6) is 1.04. The summed E-state index contributed by atoms with van der Waals surface area (Å²) in [7, 11) is 1.63. The van der Waals surface area contributed by atoms with Crippen LogP contribution in [0.2, 0.25) is 10.0 Å². The molecule has 0 aromatic heterocycles. The van der Waals surface area contributed by atoms with Crippen molar-refractivity contribution in [2.24, 2.45) is 0 Å². The summed E-state index contributed by atoms with van der Waals surface area (Å²) in [5.41, 5.74) is 1.12. The molecule has 0 aliphatic carbocycles. The number of halogens is 2. The highest BCUT2D eigenvalue weighted by molar-refractivity contribution is 6.35. The van der Waals surface area contributed by atoms with Crippen molar-refractivity contribution in [1.82, 2.24) is 5.32 Å². The van der Waals surface area contributed by atoms with E-state index in [1.807, 2.05) is 24.3 Å². The van der Waals surface area contributed by atoms with Crippen LogP contribution in [0.1, 0.15) is 12.5 Å². The minimum atomic E-state index is -0.653. The fourth-order valence-corrected chi connectivity index (χ4v) is 2.53. The molecular weight excluding hydrogens is 349 g/mol. The summed E-state index contributed by atoms with van der Waals surface area (Å²) in [5, 5.41) is 3.74. The van der Waals surface area contributed by atoms with Crippen LogP contribution in [0.3, 0.4) is 0 Å². The molecule has 0 fully saturated rings. The molecule has 1 N–H and O–H groups in total. The maximum Gasteiger partial charge on any atom is 0.260 e. The van der Waals surface area contributed by atoms with Gasteiger partial charge in [0, 0.05) is 11.6 Å². The van der Waals surface area contributed by atoms with E-state index < -0.39 is 6.10 Å². The number of methoxy groups -OCH3 is 1. The van der Waals surface area contributed by atoms with Gasteiger partial charge in [-0.05, 0) is 49.2 Å². The third-order valence-corrected chi connectivity index (χ3v) is 3.97. The number of hydrogen-bond acceptors (Lipinski definition) is 3. The van der Waals surface area contributed by atoms with Crippen LogP contribution in [-0.4, -0.2) is 25.7 Å². The Morgan fingerprint density at radius 1 is 1.17 bits per heavy atom. The van der Waals surface area contributed by atoms with Gasteiger partial charge in [-0.3, -0.25) is 4.79 Å². The Morgan fingerprint density at radius 3 is 2.50 bits per heavy atom. The molecule has 6 heteroatoms. The second kappa shape index (κ2) is 8.81. The monoisotopic (exact) mass is 367 g/mol. The highest BCUT2D eigenvalue weighted by Crippen LogP contribution is 2.28. The van der Waals surface area contributed by atoms with Crippen molar-refractivity contribution in [1.29, 1.82) is 0 Å². The number of nitrogens with one attached hydrogen (secondary N) is 1.